The zero-order valence-corrected chi connectivity index (χ0v) is 10.7. The average molecular weight is 233 g/mol. The van der Waals surface area contributed by atoms with Crippen molar-refractivity contribution in [2.24, 2.45) is 5.92 Å². The highest BCUT2D eigenvalue weighted by Gasteiger charge is 2.16. The van der Waals surface area contributed by atoms with Gasteiger partial charge in [-0.25, -0.2) is 0 Å². The summed E-state index contributed by atoms with van der Waals surface area (Å²) in [5, 5.41) is 3.59. The molecule has 0 radical (unpaired) electrons. The third-order valence-corrected chi connectivity index (χ3v) is 3.56. The van der Waals surface area contributed by atoms with Crippen molar-refractivity contribution in [3.05, 3.63) is 30.3 Å². The van der Waals surface area contributed by atoms with Gasteiger partial charge in [-0.2, -0.15) is 0 Å². The predicted octanol–water partition coefficient (Wildman–Crippen LogP) is 3.23. The lowest BCUT2D eigenvalue weighted by Crippen LogP contribution is -2.35. The number of hydrogen-bond acceptors (Lipinski definition) is 2. The Hall–Kier alpha value is -1.02. The molecule has 1 N–H and O–H groups in total. The van der Waals surface area contributed by atoms with Crippen LogP contribution in [0.3, 0.4) is 0 Å². The van der Waals surface area contributed by atoms with Gasteiger partial charge in [0, 0.05) is 12.6 Å². The second kappa shape index (κ2) is 6.65. The van der Waals surface area contributed by atoms with Crippen molar-refractivity contribution in [2.75, 3.05) is 13.2 Å². The lowest BCUT2D eigenvalue weighted by atomic mass is 9.87. The lowest BCUT2D eigenvalue weighted by molar-refractivity contribution is 0.270. The Morgan fingerprint density at radius 3 is 2.53 bits per heavy atom. The Balaban J connectivity index is 1.57. The highest BCUT2D eigenvalue weighted by Crippen LogP contribution is 2.23. The lowest BCUT2D eigenvalue weighted by Gasteiger charge is -2.27. The molecule has 0 amide bonds. The van der Waals surface area contributed by atoms with Crippen LogP contribution in [0.5, 0.6) is 5.75 Å². The Bertz CT molecular complexity index is 304. The highest BCUT2D eigenvalue weighted by atomic mass is 16.5. The maximum atomic E-state index is 5.66. The molecule has 0 spiro atoms. The van der Waals surface area contributed by atoms with Crippen LogP contribution >= 0.6 is 0 Å². The SMILES string of the molecule is CC1CCC(NCCOc2ccccc2)CC1. The molecule has 1 aliphatic carbocycles. The number of para-hydroxylation sites is 1. The first-order valence-electron chi connectivity index (χ1n) is 6.76. The van der Waals surface area contributed by atoms with Crippen molar-refractivity contribution >= 4 is 0 Å². The molecule has 0 aliphatic heterocycles. The minimum atomic E-state index is 0.713. The van der Waals surface area contributed by atoms with Crippen molar-refractivity contribution in [3.8, 4) is 5.75 Å². The quantitative estimate of drug-likeness (QED) is 0.788. The topological polar surface area (TPSA) is 21.3 Å². The molecular weight excluding hydrogens is 210 g/mol. The Morgan fingerprint density at radius 2 is 1.82 bits per heavy atom. The van der Waals surface area contributed by atoms with E-state index in [1.165, 1.54) is 25.7 Å². The van der Waals surface area contributed by atoms with Gasteiger partial charge in [-0.1, -0.05) is 25.1 Å². The van der Waals surface area contributed by atoms with Crippen molar-refractivity contribution in [3.63, 3.8) is 0 Å². The van der Waals surface area contributed by atoms with Crippen LogP contribution in [0.25, 0.3) is 0 Å². The van der Waals surface area contributed by atoms with E-state index in [9.17, 15) is 0 Å². The highest BCUT2D eigenvalue weighted by molar-refractivity contribution is 5.20. The van der Waals surface area contributed by atoms with E-state index in [1.807, 2.05) is 30.3 Å². The van der Waals surface area contributed by atoms with Gasteiger partial charge in [0.1, 0.15) is 12.4 Å². The van der Waals surface area contributed by atoms with Crippen molar-refractivity contribution in [2.45, 2.75) is 38.6 Å². The molecule has 94 valence electrons. The number of ether oxygens (including phenoxy) is 1. The summed E-state index contributed by atoms with van der Waals surface area (Å²) >= 11 is 0. The van der Waals surface area contributed by atoms with Gasteiger partial charge in [-0.3, -0.25) is 0 Å². The first-order valence-corrected chi connectivity index (χ1v) is 6.76. The Labute approximate surface area is 104 Å². The van der Waals surface area contributed by atoms with Gasteiger partial charge in [-0.05, 0) is 43.7 Å². The van der Waals surface area contributed by atoms with E-state index in [0.29, 0.717) is 6.04 Å². The van der Waals surface area contributed by atoms with E-state index in [4.69, 9.17) is 4.74 Å². The molecule has 0 unspecified atom stereocenters. The molecule has 0 aromatic heterocycles. The molecule has 1 fully saturated rings. The van der Waals surface area contributed by atoms with E-state index in [2.05, 4.69) is 12.2 Å². The molecule has 1 saturated carbocycles. The van der Waals surface area contributed by atoms with Gasteiger partial charge in [0.15, 0.2) is 0 Å². The summed E-state index contributed by atoms with van der Waals surface area (Å²) in [6, 6.07) is 10.7. The first-order chi connectivity index (χ1) is 8.34. The number of rotatable bonds is 5. The van der Waals surface area contributed by atoms with E-state index < -0.39 is 0 Å². The molecule has 17 heavy (non-hydrogen) atoms. The average Bonchev–Trinajstić information content (AvgIpc) is 2.38. The van der Waals surface area contributed by atoms with Crippen molar-refractivity contribution in [1.29, 1.82) is 0 Å². The fourth-order valence-corrected chi connectivity index (χ4v) is 2.41. The molecular formula is C15H23NO. The van der Waals surface area contributed by atoms with Gasteiger partial charge in [-0.15, -0.1) is 0 Å². The van der Waals surface area contributed by atoms with Gasteiger partial charge in [0.25, 0.3) is 0 Å². The third kappa shape index (κ3) is 4.39. The van der Waals surface area contributed by atoms with E-state index in [0.717, 1.165) is 24.8 Å². The van der Waals surface area contributed by atoms with Crippen LogP contribution in [0.4, 0.5) is 0 Å². The van der Waals surface area contributed by atoms with Gasteiger partial charge in [0.2, 0.25) is 0 Å². The van der Waals surface area contributed by atoms with Gasteiger partial charge in [0.05, 0.1) is 0 Å². The summed E-state index contributed by atoms with van der Waals surface area (Å²) in [7, 11) is 0. The summed E-state index contributed by atoms with van der Waals surface area (Å²) in [4.78, 5) is 0. The molecule has 0 bridgehead atoms. The molecule has 1 aromatic rings. The molecule has 1 aromatic carbocycles. The van der Waals surface area contributed by atoms with Crippen LogP contribution < -0.4 is 10.1 Å². The largest absolute Gasteiger partial charge is 0.492 e. The van der Waals surface area contributed by atoms with E-state index in [1.54, 1.807) is 0 Å². The second-order valence-electron chi connectivity index (χ2n) is 5.07. The van der Waals surface area contributed by atoms with E-state index >= 15 is 0 Å². The summed E-state index contributed by atoms with van der Waals surface area (Å²) in [6.45, 7) is 4.07. The molecule has 0 saturated heterocycles. The normalized spacial score (nSPS) is 24.5. The Kier molecular flexibility index (Phi) is 4.87. The molecule has 2 nitrogen and oxygen atoms in total. The van der Waals surface area contributed by atoms with Crippen LogP contribution in [0.15, 0.2) is 30.3 Å². The fourth-order valence-electron chi connectivity index (χ4n) is 2.41. The number of nitrogens with one attached hydrogen (secondary N) is 1. The summed E-state index contributed by atoms with van der Waals surface area (Å²) in [5.74, 6) is 1.89. The monoisotopic (exact) mass is 233 g/mol. The first kappa shape index (κ1) is 12.4. The van der Waals surface area contributed by atoms with Gasteiger partial charge >= 0.3 is 0 Å². The molecule has 2 rings (SSSR count). The van der Waals surface area contributed by atoms with Crippen LogP contribution in [0.1, 0.15) is 32.6 Å². The molecule has 1 aliphatic rings. The minimum Gasteiger partial charge on any atom is -0.492 e. The standard InChI is InChI=1S/C15H23NO/c1-13-7-9-14(10-8-13)16-11-12-17-15-5-3-2-4-6-15/h2-6,13-14,16H,7-12H2,1H3. The fraction of sp³-hybridized carbons (Fsp3) is 0.600. The van der Waals surface area contributed by atoms with Crippen molar-refractivity contribution in [1.82, 2.24) is 5.32 Å². The zero-order chi connectivity index (χ0) is 11.9. The molecule has 0 atom stereocenters. The maximum absolute atomic E-state index is 5.66. The van der Waals surface area contributed by atoms with Crippen LogP contribution in [0, 0.1) is 5.92 Å². The second-order valence-corrected chi connectivity index (χ2v) is 5.07. The summed E-state index contributed by atoms with van der Waals surface area (Å²) in [5.41, 5.74) is 0. The summed E-state index contributed by atoms with van der Waals surface area (Å²) < 4.78 is 5.66. The van der Waals surface area contributed by atoms with E-state index in [-0.39, 0.29) is 0 Å². The van der Waals surface area contributed by atoms with Gasteiger partial charge < -0.3 is 10.1 Å². The number of benzene rings is 1. The van der Waals surface area contributed by atoms with Crippen LogP contribution in [-0.2, 0) is 0 Å². The number of hydrogen-bond donors (Lipinski definition) is 1. The smallest absolute Gasteiger partial charge is 0.119 e. The third-order valence-electron chi connectivity index (χ3n) is 3.56. The van der Waals surface area contributed by atoms with Crippen molar-refractivity contribution < 1.29 is 4.74 Å². The zero-order valence-electron chi connectivity index (χ0n) is 10.7. The maximum Gasteiger partial charge on any atom is 0.119 e. The predicted molar refractivity (Wildman–Crippen MR) is 71.4 cm³/mol. The van der Waals surface area contributed by atoms with Crippen LogP contribution in [-0.4, -0.2) is 19.2 Å². The Morgan fingerprint density at radius 1 is 1.12 bits per heavy atom. The summed E-state index contributed by atoms with van der Waals surface area (Å²) in [6.07, 6.45) is 5.40. The van der Waals surface area contributed by atoms with Crippen LogP contribution in [0.2, 0.25) is 0 Å². The molecule has 0 heterocycles. The minimum absolute atomic E-state index is 0.713. The molecule has 2 heteroatoms.